The largest absolute Gasteiger partial charge is 0.507 e. The molecule has 0 saturated carbocycles. The number of phenolic OH excluding ortho intramolecular Hbond substituents is 1. The smallest absolute Gasteiger partial charge is 0.133 e. The lowest BCUT2D eigenvalue weighted by molar-refractivity contribution is 0.0852. The van der Waals surface area contributed by atoms with Crippen molar-refractivity contribution in [1.82, 2.24) is 15.1 Å². The Morgan fingerprint density at radius 2 is 1.76 bits per heavy atom. The molecule has 0 spiro atoms. The van der Waals surface area contributed by atoms with Crippen LogP contribution in [-0.4, -0.2) is 60.7 Å². The molecule has 4 nitrogen and oxygen atoms in total. The molecule has 0 bridgehead atoms. The molecule has 2 fully saturated rings. The van der Waals surface area contributed by atoms with Crippen LogP contribution in [0.25, 0.3) is 0 Å². The molecule has 2 saturated heterocycles. The maximum atomic E-state index is 10.2. The van der Waals surface area contributed by atoms with Crippen molar-refractivity contribution in [2.75, 3.05) is 39.8 Å². The number of likely N-dealkylation sites (tertiary alicyclic amines) is 2. The number of piperidine rings is 2. The molecular formula is C19H29I2N3O. The van der Waals surface area contributed by atoms with E-state index in [9.17, 15) is 5.11 Å². The summed E-state index contributed by atoms with van der Waals surface area (Å²) in [6.07, 6.45) is 5.28. The lowest BCUT2D eigenvalue weighted by atomic mass is 9.93. The molecule has 0 aromatic heterocycles. The minimum atomic E-state index is 0.436. The summed E-state index contributed by atoms with van der Waals surface area (Å²) < 4.78 is 2.12. The molecule has 0 unspecified atom stereocenters. The van der Waals surface area contributed by atoms with Crippen LogP contribution in [0.15, 0.2) is 12.1 Å². The van der Waals surface area contributed by atoms with Gasteiger partial charge in [0.1, 0.15) is 5.75 Å². The summed E-state index contributed by atoms with van der Waals surface area (Å²) in [5.74, 6) is 1.21. The number of aromatic hydroxyl groups is 1. The zero-order valence-corrected chi connectivity index (χ0v) is 19.3. The Bertz CT molecular complexity index is 568. The summed E-state index contributed by atoms with van der Waals surface area (Å²) in [6, 6.07) is 4.91. The van der Waals surface area contributed by atoms with E-state index in [4.69, 9.17) is 0 Å². The van der Waals surface area contributed by atoms with Gasteiger partial charge in [-0.1, -0.05) is 0 Å². The minimum absolute atomic E-state index is 0.436. The average Bonchev–Trinajstić information content (AvgIpc) is 2.60. The van der Waals surface area contributed by atoms with Crippen LogP contribution in [0, 0.1) is 13.1 Å². The molecule has 6 heteroatoms. The van der Waals surface area contributed by atoms with Gasteiger partial charge in [-0.25, -0.2) is 0 Å². The second-order valence-corrected chi connectivity index (χ2v) is 9.95. The predicted octanol–water partition coefficient (Wildman–Crippen LogP) is 3.50. The summed E-state index contributed by atoms with van der Waals surface area (Å²) >= 11 is 4.52. The zero-order valence-electron chi connectivity index (χ0n) is 15.0. The number of hydrogen-bond donors (Lipinski definition) is 2. The van der Waals surface area contributed by atoms with Crippen LogP contribution in [0.2, 0.25) is 0 Å². The molecule has 1 aromatic carbocycles. The summed E-state index contributed by atoms with van der Waals surface area (Å²) in [6.45, 7) is 6.84. The van der Waals surface area contributed by atoms with Gasteiger partial charge in [0.15, 0.2) is 0 Å². The van der Waals surface area contributed by atoms with E-state index in [2.05, 4.69) is 73.4 Å². The highest BCUT2D eigenvalue weighted by Crippen LogP contribution is 2.27. The molecule has 2 aliphatic rings. The van der Waals surface area contributed by atoms with Gasteiger partial charge in [0, 0.05) is 21.7 Å². The van der Waals surface area contributed by atoms with Crippen molar-refractivity contribution < 1.29 is 5.11 Å². The van der Waals surface area contributed by atoms with E-state index in [0.717, 1.165) is 34.2 Å². The van der Waals surface area contributed by atoms with Crippen molar-refractivity contribution in [3.63, 3.8) is 0 Å². The van der Waals surface area contributed by atoms with E-state index in [1.807, 2.05) is 6.07 Å². The molecule has 2 N–H and O–H groups in total. The fraction of sp³-hybridized carbons (Fsp3) is 0.684. The van der Waals surface area contributed by atoms with Crippen molar-refractivity contribution in [3.05, 3.63) is 24.8 Å². The molecule has 2 heterocycles. The lowest BCUT2D eigenvalue weighted by Gasteiger charge is -2.41. The SMILES string of the molecule is CN1CCC(N2CCC(CNCc3cc(I)cc(I)c3O)CC2)CC1. The molecule has 0 atom stereocenters. The molecule has 25 heavy (non-hydrogen) atoms. The highest BCUT2D eigenvalue weighted by Gasteiger charge is 2.27. The van der Waals surface area contributed by atoms with E-state index < -0.39 is 0 Å². The van der Waals surface area contributed by atoms with Crippen molar-refractivity contribution in [3.8, 4) is 5.75 Å². The molecule has 1 aromatic rings. The highest BCUT2D eigenvalue weighted by atomic mass is 127. The number of nitrogens with zero attached hydrogens (tertiary/aromatic N) is 2. The van der Waals surface area contributed by atoms with E-state index in [0.29, 0.717) is 5.75 Å². The first-order valence-electron chi connectivity index (χ1n) is 9.33. The third-order valence-electron chi connectivity index (χ3n) is 5.71. The van der Waals surface area contributed by atoms with Gasteiger partial charge in [-0.05, 0) is 129 Å². The Morgan fingerprint density at radius 1 is 1.08 bits per heavy atom. The third kappa shape index (κ3) is 5.67. The topological polar surface area (TPSA) is 38.7 Å². The van der Waals surface area contributed by atoms with Crippen LogP contribution in [0.1, 0.15) is 31.2 Å². The maximum Gasteiger partial charge on any atom is 0.133 e. The molecular weight excluding hydrogens is 540 g/mol. The van der Waals surface area contributed by atoms with E-state index >= 15 is 0 Å². The first kappa shape index (κ1) is 20.1. The molecule has 0 amide bonds. The number of rotatable bonds is 5. The fourth-order valence-electron chi connectivity index (χ4n) is 4.05. The van der Waals surface area contributed by atoms with Gasteiger partial charge in [-0.2, -0.15) is 0 Å². The van der Waals surface area contributed by atoms with Crippen LogP contribution in [0.4, 0.5) is 0 Å². The van der Waals surface area contributed by atoms with Gasteiger partial charge in [0.25, 0.3) is 0 Å². The summed E-state index contributed by atoms with van der Waals surface area (Å²) in [5.41, 5.74) is 1.01. The first-order valence-corrected chi connectivity index (χ1v) is 11.5. The quantitative estimate of drug-likeness (QED) is 0.533. The molecule has 3 rings (SSSR count). The number of halogens is 2. The van der Waals surface area contributed by atoms with Gasteiger partial charge >= 0.3 is 0 Å². The second kappa shape index (κ2) is 9.52. The van der Waals surface area contributed by atoms with Crippen LogP contribution < -0.4 is 5.32 Å². The first-order chi connectivity index (χ1) is 12.0. The van der Waals surface area contributed by atoms with Crippen molar-refractivity contribution >= 4 is 45.2 Å². The Hall–Kier alpha value is 0.360. The Labute approximate surface area is 179 Å². The van der Waals surface area contributed by atoms with Gasteiger partial charge < -0.3 is 20.2 Å². The Morgan fingerprint density at radius 3 is 2.44 bits per heavy atom. The minimum Gasteiger partial charge on any atom is -0.507 e. The summed E-state index contributed by atoms with van der Waals surface area (Å²) in [7, 11) is 2.24. The van der Waals surface area contributed by atoms with Crippen molar-refractivity contribution in [1.29, 1.82) is 0 Å². The van der Waals surface area contributed by atoms with E-state index in [1.165, 1.54) is 55.4 Å². The second-order valence-electron chi connectivity index (χ2n) is 7.54. The van der Waals surface area contributed by atoms with Crippen LogP contribution in [-0.2, 0) is 6.54 Å². The van der Waals surface area contributed by atoms with Crippen molar-refractivity contribution in [2.45, 2.75) is 38.3 Å². The lowest BCUT2D eigenvalue weighted by Crippen LogP contribution is -2.47. The van der Waals surface area contributed by atoms with Gasteiger partial charge in [0.2, 0.25) is 0 Å². The van der Waals surface area contributed by atoms with E-state index in [1.54, 1.807) is 0 Å². The zero-order chi connectivity index (χ0) is 17.8. The molecule has 0 radical (unpaired) electrons. The van der Waals surface area contributed by atoms with Gasteiger partial charge in [-0.15, -0.1) is 0 Å². The van der Waals surface area contributed by atoms with Crippen LogP contribution in [0.5, 0.6) is 5.75 Å². The molecule has 0 aliphatic carbocycles. The predicted molar refractivity (Wildman–Crippen MR) is 120 cm³/mol. The summed E-state index contributed by atoms with van der Waals surface area (Å²) in [4.78, 5) is 5.19. The normalized spacial score (nSPS) is 21.7. The standard InChI is InChI=1S/C19H29I2N3O/c1-23-6-4-17(5-7-23)24-8-2-14(3-9-24)12-22-13-15-10-16(20)11-18(21)19(15)25/h10-11,14,17,22,25H,2-9,12-13H2,1H3. The monoisotopic (exact) mass is 569 g/mol. The average molecular weight is 569 g/mol. The number of hydrogen-bond acceptors (Lipinski definition) is 4. The Balaban J connectivity index is 1.40. The van der Waals surface area contributed by atoms with Crippen LogP contribution in [0.3, 0.4) is 0 Å². The number of nitrogens with one attached hydrogen (secondary N) is 1. The molecule has 2 aliphatic heterocycles. The Kier molecular flexibility index (Phi) is 7.66. The van der Waals surface area contributed by atoms with Gasteiger partial charge in [-0.3, -0.25) is 0 Å². The molecule has 140 valence electrons. The highest BCUT2D eigenvalue weighted by molar-refractivity contribution is 14.1. The van der Waals surface area contributed by atoms with E-state index in [-0.39, 0.29) is 0 Å². The van der Waals surface area contributed by atoms with Crippen molar-refractivity contribution in [2.24, 2.45) is 5.92 Å². The summed E-state index contributed by atoms with van der Waals surface area (Å²) in [5, 5.41) is 13.8. The number of phenols is 1. The van der Waals surface area contributed by atoms with Gasteiger partial charge in [0.05, 0.1) is 3.57 Å². The maximum absolute atomic E-state index is 10.2. The third-order valence-corrected chi connectivity index (χ3v) is 7.15. The van der Waals surface area contributed by atoms with Crippen LogP contribution >= 0.6 is 45.2 Å². The number of benzene rings is 1. The fourth-order valence-corrected chi connectivity index (χ4v) is 6.01.